The van der Waals surface area contributed by atoms with Gasteiger partial charge in [-0.1, -0.05) is 54.9 Å². The van der Waals surface area contributed by atoms with E-state index < -0.39 is 10.0 Å². The monoisotopic (exact) mass is 510 g/mol. The molecule has 0 aliphatic heterocycles. The molecule has 174 valence electrons. The summed E-state index contributed by atoms with van der Waals surface area (Å²) < 4.78 is 28.6. The fraction of sp³-hybridized carbons (Fsp3) is 0.115. The van der Waals surface area contributed by atoms with E-state index in [-0.39, 0.29) is 16.1 Å². The smallest absolute Gasteiger partial charge is 0.261 e. The van der Waals surface area contributed by atoms with E-state index in [1.165, 1.54) is 23.9 Å². The first kappa shape index (κ1) is 24.1. The van der Waals surface area contributed by atoms with Gasteiger partial charge in [-0.2, -0.15) is 0 Å². The first-order valence-corrected chi connectivity index (χ1v) is 13.4. The molecule has 1 atom stereocenters. The van der Waals surface area contributed by atoms with Gasteiger partial charge in [0, 0.05) is 21.0 Å². The highest BCUT2D eigenvalue weighted by molar-refractivity contribution is 8.00. The minimum absolute atomic E-state index is 0.112. The molecule has 8 heteroatoms. The van der Waals surface area contributed by atoms with Crippen LogP contribution in [0.2, 0.25) is 5.02 Å². The highest BCUT2D eigenvalue weighted by Gasteiger charge is 2.19. The molecule has 0 bridgehead atoms. The fourth-order valence-electron chi connectivity index (χ4n) is 3.46. The van der Waals surface area contributed by atoms with Crippen molar-refractivity contribution in [2.24, 2.45) is 0 Å². The van der Waals surface area contributed by atoms with E-state index in [9.17, 15) is 13.2 Å². The molecule has 0 aliphatic rings. The lowest BCUT2D eigenvalue weighted by molar-refractivity contribution is -0.115. The zero-order valence-electron chi connectivity index (χ0n) is 18.4. The van der Waals surface area contributed by atoms with Gasteiger partial charge in [0.15, 0.2) is 0 Å². The number of amides is 1. The van der Waals surface area contributed by atoms with Crippen LogP contribution in [0.5, 0.6) is 0 Å². The molecule has 0 saturated heterocycles. The molecule has 0 aliphatic carbocycles. The van der Waals surface area contributed by atoms with Crippen LogP contribution < -0.4 is 10.0 Å². The van der Waals surface area contributed by atoms with Crippen LogP contribution in [0.25, 0.3) is 10.8 Å². The predicted molar refractivity (Wildman–Crippen MR) is 141 cm³/mol. The van der Waals surface area contributed by atoms with Gasteiger partial charge in [-0.3, -0.25) is 9.52 Å². The zero-order chi connectivity index (χ0) is 24.1. The molecule has 4 aromatic rings. The maximum absolute atomic E-state index is 12.9. The maximum Gasteiger partial charge on any atom is 0.261 e. The summed E-state index contributed by atoms with van der Waals surface area (Å²) in [5.41, 5.74) is 1.05. The number of sulfonamides is 1. The number of halogens is 1. The lowest BCUT2D eigenvalue weighted by Gasteiger charge is -2.15. The molecule has 0 heterocycles. The average Bonchev–Trinajstić information content (AvgIpc) is 2.84. The molecule has 0 fully saturated rings. The third kappa shape index (κ3) is 5.73. The quantitative estimate of drug-likeness (QED) is 0.255. The predicted octanol–water partition coefficient (Wildman–Crippen LogP) is 6.80. The van der Waals surface area contributed by atoms with Crippen molar-refractivity contribution in [3.8, 4) is 0 Å². The number of hydrogen-bond donors (Lipinski definition) is 2. The first-order chi connectivity index (χ1) is 16.4. The van der Waals surface area contributed by atoms with Crippen molar-refractivity contribution in [2.75, 3.05) is 10.0 Å². The third-order valence-electron chi connectivity index (χ3n) is 5.22. The summed E-state index contributed by atoms with van der Waals surface area (Å²) in [6.07, 6.45) is 0.639. The molecule has 0 unspecified atom stereocenters. The van der Waals surface area contributed by atoms with Crippen molar-refractivity contribution >= 4 is 61.4 Å². The Balaban J connectivity index is 1.45. The van der Waals surface area contributed by atoms with E-state index in [0.717, 1.165) is 15.7 Å². The summed E-state index contributed by atoms with van der Waals surface area (Å²) in [4.78, 5) is 13.8. The second-order valence-electron chi connectivity index (χ2n) is 7.61. The van der Waals surface area contributed by atoms with Crippen LogP contribution in [0.1, 0.15) is 13.3 Å². The molecule has 5 nitrogen and oxygen atoms in total. The number of hydrogen-bond acceptors (Lipinski definition) is 4. The fourth-order valence-corrected chi connectivity index (χ4v) is 5.62. The Bertz CT molecular complexity index is 1400. The van der Waals surface area contributed by atoms with E-state index in [0.29, 0.717) is 22.8 Å². The Hall–Kier alpha value is -3.00. The van der Waals surface area contributed by atoms with Crippen LogP contribution in [0, 0.1) is 0 Å². The van der Waals surface area contributed by atoms with Crippen LogP contribution in [0.15, 0.2) is 101 Å². The van der Waals surface area contributed by atoms with E-state index in [2.05, 4.69) is 10.0 Å². The van der Waals surface area contributed by atoms with E-state index in [1.54, 1.807) is 30.3 Å². The molecule has 1 amide bonds. The minimum Gasteiger partial charge on any atom is -0.325 e. The Kier molecular flexibility index (Phi) is 7.46. The van der Waals surface area contributed by atoms with Gasteiger partial charge < -0.3 is 5.32 Å². The van der Waals surface area contributed by atoms with Crippen LogP contribution in [-0.4, -0.2) is 19.6 Å². The van der Waals surface area contributed by atoms with Crippen LogP contribution in [0.3, 0.4) is 0 Å². The second-order valence-corrected chi connectivity index (χ2v) is 11.0. The number of carbonyl (C=O) groups excluding carboxylic acids is 1. The normalized spacial score (nSPS) is 12.3. The molecule has 0 saturated carbocycles. The van der Waals surface area contributed by atoms with Gasteiger partial charge >= 0.3 is 0 Å². The summed E-state index contributed by atoms with van der Waals surface area (Å²) in [5, 5.41) is 4.99. The molecule has 0 radical (unpaired) electrons. The topological polar surface area (TPSA) is 75.3 Å². The summed E-state index contributed by atoms with van der Waals surface area (Å²) >= 11 is 7.39. The number of benzene rings is 4. The van der Waals surface area contributed by atoms with Gasteiger partial charge in [-0.05, 0) is 66.4 Å². The Labute approximate surface area is 208 Å². The molecule has 34 heavy (non-hydrogen) atoms. The van der Waals surface area contributed by atoms with Gasteiger partial charge in [0.1, 0.15) is 0 Å². The molecule has 0 aromatic heterocycles. The van der Waals surface area contributed by atoms with E-state index in [1.807, 2.05) is 55.5 Å². The van der Waals surface area contributed by atoms with Crippen molar-refractivity contribution in [3.05, 3.63) is 96.0 Å². The minimum atomic E-state index is -3.79. The van der Waals surface area contributed by atoms with Gasteiger partial charge in [-0.15, -0.1) is 11.8 Å². The van der Waals surface area contributed by atoms with Crippen molar-refractivity contribution < 1.29 is 13.2 Å². The molecule has 4 aromatic carbocycles. The van der Waals surface area contributed by atoms with Crippen molar-refractivity contribution in [1.29, 1.82) is 0 Å². The number of anilines is 2. The summed E-state index contributed by atoms with van der Waals surface area (Å²) in [7, 11) is -3.79. The van der Waals surface area contributed by atoms with Crippen LogP contribution in [0.4, 0.5) is 11.4 Å². The molecular weight excluding hydrogens is 488 g/mol. The van der Waals surface area contributed by atoms with Crippen molar-refractivity contribution in [3.63, 3.8) is 0 Å². The van der Waals surface area contributed by atoms with Crippen LogP contribution in [-0.2, 0) is 14.8 Å². The second kappa shape index (κ2) is 10.5. The number of fused-ring (bicyclic) bond motifs is 1. The molecular formula is C26H23ClN2O3S2. The number of thioether (sulfide) groups is 1. The molecule has 4 rings (SSSR count). The van der Waals surface area contributed by atoms with Gasteiger partial charge in [0.05, 0.1) is 15.8 Å². The average molecular weight is 511 g/mol. The van der Waals surface area contributed by atoms with E-state index in [4.69, 9.17) is 11.6 Å². The highest BCUT2D eigenvalue weighted by atomic mass is 35.5. The number of carbonyl (C=O) groups is 1. The first-order valence-electron chi connectivity index (χ1n) is 10.7. The summed E-state index contributed by atoms with van der Waals surface area (Å²) in [6.45, 7) is 1.95. The third-order valence-corrected chi connectivity index (χ3v) is 8.23. The lowest BCUT2D eigenvalue weighted by atomic mass is 10.1. The zero-order valence-corrected chi connectivity index (χ0v) is 20.8. The van der Waals surface area contributed by atoms with Gasteiger partial charge in [0.25, 0.3) is 10.0 Å². The van der Waals surface area contributed by atoms with Crippen molar-refractivity contribution in [1.82, 2.24) is 0 Å². The maximum atomic E-state index is 12.9. The summed E-state index contributed by atoms with van der Waals surface area (Å²) in [6, 6.07) is 26.5. The molecule has 0 spiro atoms. The standard InChI is InChI=1S/C26H23ClN2O3S2/c1-2-25(33-21-14-10-19(27)11-15-21)26(30)28-20-12-16-22(17-13-20)34(31,32)29-24-9-5-7-18-6-3-4-8-23(18)24/h3-17,25,29H,2H2,1H3,(H,28,30)/t25-/m0/s1. The number of rotatable bonds is 8. The highest BCUT2D eigenvalue weighted by Crippen LogP contribution is 2.29. The van der Waals surface area contributed by atoms with Crippen LogP contribution >= 0.6 is 23.4 Å². The lowest BCUT2D eigenvalue weighted by Crippen LogP contribution is -2.24. The Morgan fingerprint density at radius 2 is 1.59 bits per heavy atom. The van der Waals surface area contributed by atoms with Crippen molar-refractivity contribution in [2.45, 2.75) is 28.4 Å². The largest absolute Gasteiger partial charge is 0.325 e. The Morgan fingerprint density at radius 3 is 2.29 bits per heavy atom. The van der Waals surface area contributed by atoms with Gasteiger partial charge in [-0.25, -0.2) is 8.42 Å². The van der Waals surface area contributed by atoms with E-state index >= 15 is 0 Å². The number of nitrogens with one attached hydrogen (secondary N) is 2. The molecule has 2 N–H and O–H groups in total. The Morgan fingerprint density at radius 1 is 0.912 bits per heavy atom. The SMILES string of the molecule is CC[C@H](Sc1ccc(Cl)cc1)C(=O)Nc1ccc(S(=O)(=O)Nc2cccc3ccccc23)cc1. The summed E-state index contributed by atoms with van der Waals surface area (Å²) in [5.74, 6) is -0.146. The van der Waals surface area contributed by atoms with Gasteiger partial charge in [0.2, 0.25) is 5.91 Å².